The van der Waals surface area contributed by atoms with Crippen molar-refractivity contribution in [1.29, 1.82) is 0 Å². The van der Waals surface area contributed by atoms with Gasteiger partial charge in [0.15, 0.2) is 0 Å². The molecular weight excluding hydrogens is 272 g/mol. The monoisotopic (exact) mass is 280 g/mol. The minimum absolute atomic E-state index is 0.0597. The van der Waals surface area contributed by atoms with Crippen molar-refractivity contribution in [2.45, 2.75) is 6.04 Å². The zero-order chi connectivity index (χ0) is 11.1. The Morgan fingerprint density at radius 3 is 3.06 bits per heavy atom. The summed E-state index contributed by atoms with van der Waals surface area (Å²) >= 11 is 3.44. The number of aromatic amines is 1. The van der Waals surface area contributed by atoms with E-state index in [1.54, 1.807) is 0 Å². The molecule has 1 atom stereocenters. The third-order valence-corrected chi connectivity index (χ3v) is 3.22. The molecular formula is C11H9BrN2O2. The number of amides is 1. The Morgan fingerprint density at radius 1 is 1.44 bits per heavy atom. The summed E-state index contributed by atoms with van der Waals surface area (Å²) in [7, 11) is 0. The highest BCUT2D eigenvalue weighted by Gasteiger charge is 2.25. The summed E-state index contributed by atoms with van der Waals surface area (Å²) in [6.07, 6.45) is 1.56. The average molecular weight is 281 g/mol. The molecule has 2 heterocycles. The number of alkyl carbamates (subject to hydrolysis) is 1. The highest BCUT2D eigenvalue weighted by molar-refractivity contribution is 9.10. The molecule has 4 nitrogen and oxygen atoms in total. The summed E-state index contributed by atoms with van der Waals surface area (Å²) in [5.41, 5.74) is 2.11. The van der Waals surface area contributed by atoms with Crippen LogP contribution in [0.15, 0.2) is 28.9 Å². The van der Waals surface area contributed by atoms with E-state index in [4.69, 9.17) is 4.74 Å². The van der Waals surface area contributed by atoms with Crippen LogP contribution in [-0.4, -0.2) is 17.7 Å². The van der Waals surface area contributed by atoms with Gasteiger partial charge in [0.1, 0.15) is 6.61 Å². The first kappa shape index (κ1) is 9.72. The predicted molar refractivity (Wildman–Crippen MR) is 63.2 cm³/mol. The molecule has 1 saturated heterocycles. The summed E-state index contributed by atoms with van der Waals surface area (Å²) in [6.45, 7) is 0.387. The van der Waals surface area contributed by atoms with Gasteiger partial charge in [-0.3, -0.25) is 0 Å². The fraction of sp³-hybridized carbons (Fsp3) is 0.182. The van der Waals surface area contributed by atoms with Gasteiger partial charge in [-0.25, -0.2) is 4.79 Å². The van der Waals surface area contributed by atoms with Gasteiger partial charge in [0.05, 0.1) is 6.04 Å². The van der Waals surface area contributed by atoms with E-state index in [1.807, 2.05) is 24.4 Å². The van der Waals surface area contributed by atoms with E-state index < -0.39 is 0 Å². The molecule has 3 rings (SSSR count). The van der Waals surface area contributed by atoms with Crippen LogP contribution in [0.2, 0.25) is 0 Å². The molecule has 2 N–H and O–H groups in total. The molecule has 5 heteroatoms. The maximum atomic E-state index is 11.0. The molecule has 1 aromatic heterocycles. The van der Waals surface area contributed by atoms with Crippen molar-refractivity contribution in [2.75, 3.05) is 6.61 Å². The first-order chi connectivity index (χ1) is 7.74. The van der Waals surface area contributed by atoms with Crippen molar-refractivity contribution in [3.8, 4) is 0 Å². The zero-order valence-electron chi connectivity index (χ0n) is 8.29. The number of hydrogen-bond donors (Lipinski definition) is 2. The van der Waals surface area contributed by atoms with E-state index in [0.29, 0.717) is 6.61 Å². The second-order valence-electron chi connectivity index (χ2n) is 3.73. The number of ether oxygens (including phenoxy) is 1. The first-order valence-electron chi connectivity index (χ1n) is 4.94. The molecule has 0 spiro atoms. The fourth-order valence-corrected chi connectivity index (χ4v) is 2.32. The number of carbonyl (C=O) groups is 1. The normalized spacial score (nSPS) is 19.8. The van der Waals surface area contributed by atoms with Gasteiger partial charge in [0.2, 0.25) is 0 Å². The number of benzene rings is 1. The van der Waals surface area contributed by atoms with Crippen LogP contribution < -0.4 is 5.32 Å². The number of rotatable bonds is 1. The second-order valence-corrected chi connectivity index (χ2v) is 4.64. The lowest BCUT2D eigenvalue weighted by atomic mass is 10.1. The highest BCUT2D eigenvalue weighted by atomic mass is 79.9. The molecule has 1 aliphatic rings. The lowest BCUT2D eigenvalue weighted by Crippen LogP contribution is -2.17. The number of H-pyrrole nitrogens is 1. The minimum Gasteiger partial charge on any atom is -0.447 e. The van der Waals surface area contributed by atoms with E-state index in [-0.39, 0.29) is 12.1 Å². The van der Waals surface area contributed by atoms with Gasteiger partial charge in [-0.05, 0) is 18.2 Å². The molecule has 1 amide bonds. The molecule has 16 heavy (non-hydrogen) atoms. The van der Waals surface area contributed by atoms with Crippen LogP contribution in [0.3, 0.4) is 0 Å². The Balaban J connectivity index is 2.09. The van der Waals surface area contributed by atoms with Gasteiger partial charge in [-0.15, -0.1) is 0 Å². The van der Waals surface area contributed by atoms with Crippen molar-refractivity contribution < 1.29 is 9.53 Å². The average Bonchev–Trinajstić information content (AvgIpc) is 2.83. The molecule has 0 saturated carbocycles. The van der Waals surface area contributed by atoms with Crippen molar-refractivity contribution >= 4 is 32.9 Å². The largest absolute Gasteiger partial charge is 0.447 e. The van der Waals surface area contributed by atoms with Crippen LogP contribution in [0.5, 0.6) is 0 Å². The summed E-state index contributed by atoms with van der Waals surface area (Å²) in [6, 6.07) is 5.95. The molecule has 2 aromatic rings. The van der Waals surface area contributed by atoms with E-state index in [1.165, 1.54) is 0 Å². The summed E-state index contributed by atoms with van der Waals surface area (Å²) in [5.74, 6) is 0. The number of aromatic nitrogens is 1. The number of hydrogen-bond acceptors (Lipinski definition) is 2. The Hall–Kier alpha value is -1.49. The van der Waals surface area contributed by atoms with Gasteiger partial charge < -0.3 is 15.0 Å². The van der Waals surface area contributed by atoms with Crippen molar-refractivity contribution in [1.82, 2.24) is 10.3 Å². The van der Waals surface area contributed by atoms with Crippen LogP contribution in [0.1, 0.15) is 11.6 Å². The van der Waals surface area contributed by atoms with Gasteiger partial charge in [0.25, 0.3) is 0 Å². The third-order valence-electron chi connectivity index (χ3n) is 2.72. The van der Waals surface area contributed by atoms with Gasteiger partial charge in [0, 0.05) is 27.1 Å². The quantitative estimate of drug-likeness (QED) is 0.844. The Labute approximate surface area is 100 Å². The lowest BCUT2D eigenvalue weighted by Gasteiger charge is -2.05. The molecule has 0 radical (unpaired) electrons. The molecule has 82 valence electrons. The number of cyclic esters (lactones) is 1. The predicted octanol–water partition coefficient (Wildman–Crippen LogP) is 2.71. The number of halogens is 1. The minimum atomic E-state index is -0.352. The maximum Gasteiger partial charge on any atom is 0.407 e. The van der Waals surface area contributed by atoms with Gasteiger partial charge >= 0.3 is 6.09 Å². The van der Waals surface area contributed by atoms with Crippen molar-refractivity contribution in [3.05, 3.63) is 34.4 Å². The standard InChI is InChI=1S/C11H9BrN2O2/c12-6-1-2-9-7(3-6)8(4-13-9)10-5-16-11(15)14-10/h1-4,10,13H,5H2,(H,14,15)/t10-/m1/s1. The number of carbonyl (C=O) groups excluding carboxylic acids is 1. The van der Waals surface area contributed by atoms with Crippen LogP contribution in [0.25, 0.3) is 10.9 Å². The molecule has 0 unspecified atom stereocenters. The van der Waals surface area contributed by atoms with Crippen LogP contribution in [-0.2, 0) is 4.74 Å². The fourth-order valence-electron chi connectivity index (χ4n) is 1.95. The van der Waals surface area contributed by atoms with Crippen LogP contribution >= 0.6 is 15.9 Å². The number of nitrogens with one attached hydrogen (secondary N) is 2. The topological polar surface area (TPSA) is 54.1 Å². The molecule has 0 bridgehead atoms. The van der Waals surface area contributed by atoms with Crippen LogP contribution in [0, 0.1) is 0 Å². The summed E-state index contributed by atoms with van der Waals surface area (Å²) in [4.78, 5) is 14.2. The summed E-state index contributed by atoms with van der Waals surface area (Å²) in [5, 5.41) is 3.87. The first-order valence-corrected chi connectivity index (χ1v) is 5.73. The SMILES string of the molecule is O=C1N[C@@H](c2c[nH]c3ccc(Br)cc23)CO1. The Morgan fingerprint density at radius 2 is 2.31 bits per heavy atom. The van der Waals surface area contributed by atoms with Gasteiger partial charge in [-0.1, -0.05) is 15.9 Å². The molecule has 0 aliphatic carbocycles. The van der Waals surface area contributed by atoms with E-state index >= 15 is 0 Å². The van der Waals surface area contributed by atoms with E-state index in [2.05, 4.69) is 26.2 Å². The maximum absolute atomic E-state index is 11.0. The van der Waals surface area contributed by atoms with Crippen molar-refractivity contribution in [3.63, 3.8) is 0 Å². The zero-order valence-corrected chi connectivity index (χ0v) is 9.87. The molecule has 1 aromatic carbocycles. The third kappa shape index (κ3) is 1.48. The molecule has 1 aliphatic heterocycles. The van der Waals surface area contributed by atoms with E-state index in [0.717, 1.165) is 20.9 Å². The Bertz CT molecular complexity index is 564. The van der Waals surface area contributed by atoms with Gasteiger partial charge in [-0.2, -0.15) is 0 Å². The smallest absolute Gasteiger partial charge is 0.407 e. The lowest BCUT2D eigenvalue weighted by molar-refractivity contribution is 0.177. The highest BCUT2D eigenvalue weighted by Crippen LogP contribution is 2.28. The Kier molecular flexibility index (Phi) is 2.14. The number of fused-ring (bicyclic) bond motifs is 1. The van der Waals surface area contributed by atoms with E-state index in [9.17, 15) is 4.79 Å². The second kappa shape index (κ2) is 3.52. The molecule has 1 fully saturated rings. The van der Waals surface area contributed by atoms with Crippen molar-refractivity contribution in [2.24, 2.45) is 0 Å². The summed E-state index contributed by atoms with van der Waals surface area (Å²) < 4.78 is 5.91. The van der Waals surface area contributed by atoms with Crippen LogP contribution in [0.4, 0.5) is 4.79 Å².